The van der Waals surface area contributed by atoms with E-state index >= 15 is 0 Å². The van der Waals surface area contributed by atoms with E-state index < -0.39 is 5.97 Å². The number of aliphatic carboxylic acids is 1. The van der Waals surface area contributed by atoms with E-state index in [0.717, 1.165) is 23.1 Å². The monoisotopic (exact) mass is 190 g/mol. The quantitative estimate of drug-likeness (QED) is 0.744. The first-order chi connectivity index (χ1) is 6.65. The first kappa shape index (κ1) is 10.5. The van der Waals surface area contributed by atoms with Gasteiger partial charge in [-0.05, 0) is 30.0 Å². The number of hydrogen-bond donors (Lipinski definition) is 1. The normalized spacial score (nSPS) is 11.4. The van der Waals surface area contributed by atoms with Crippen LogP contribution in [0.4, 0.5) is 0 Å². The molecule has 0 heterocycles. The van der Waals surface area contributed by atoms with Gasteiger partial charge in [0.25, 0.3) is 0 Å². The molecule has 0 fully saturated rings. The highest BCUT2D eigenvalue weighted by molar-refractivity contribution is 5.90. The summed E-state index contributed by atoms with van der Waals surface area (Å²) in [6.45, 7) is 3.95. The van der Waals surface area contributed by atoms with Crippen LogP contribution >= 0.6 is 0 Å². The van der Waals surface area contributed by atoms with Crippen LogP contribution in [0.1, 0.15) is 24.5 Å². The van der Waals surface area contributed by atoms with E-state index in [1.807, 2.05) is 38.1 Å². The van der Waals surface area contributed by atoms with Crippen molar-refractivity contribution in [3.05, 3.63) is 41.5 Å². The Bertz CT molecular complexity index is 364. The van der Waals surface area contributed by atoms with Crippen molar-refractivity contribution in [1.82, 2.24) is 0 Å². The van der Waals surface area contributed by atoms with Gasteiger partial charge in [-0.3, -0.25) is 0 Å². The molecule has 2 nitrogen and oxygen atoms in total. The van der Waals surface area contributed by atoms with E-state index in [-0.39, 0.29) is 0 Å². The molecule has 0 atom stereocenters. The number of carboxylic acid groups (broad SMARTS) is 1. The number of benzene rings is 1. The van der Waals surface area contributed by atoms with Gasteiger partial charge in [-0.25, -0.2) is 4.79 Å². The summed E-state index contributed by atoms with van der Waals surface area (Å²) in [5.41, 5.74) is 3.01. The molecule has 0 aliphatic carbocycles. The van der Waals surface area contributed by atoms with Crippen molar-refractivity contribution in [2.45, 2.75) is 20.3 Å². The molecule has 74 valence electrons. The van der Waals surface area contributed by atoms with Gasteiger partial charge in [0, 0.05) is 6.08 Å². The van der Waals surface area contributed by atoms with Gasteiger partial charge in [-0.1, -0.05) is 31.2 Å². The van der Waals surface area contributed by atoms with Crippen molar-refractivity contribution in [2.24, 2.45) is 0 Å². The maximum Gasteiger partial charge on any atom is 0.328 e. The molecule has 0 unspecified atom stereocenters. The van der Waals surface area contributed by atoms with E-state index in [2.05, 4.69) is 0 Å². The van der Waals surface area contributed by atoms with Gasteiger partial charge in [0.15, 0.2) is 0 Å². The summed E-state index contributed by atoms with van der Waals surface area (Å²) < 4.78 is 0. The molecule has 1 aromatic carbocycles. The molecular formula is C12H14O2. The smallest absolute Gasteiger partial charge is 0.328 e. The Labute approximate surface area is 83.9 Å². The van der Waals surface area contributed by atoms with Gasteiger partial charge in [-0.2, -0.15) is 0 Å². The van der Waals surface area contributed by atoms with Crippen LogP contribution in [-0.4, -0.2) is 11.1 Å². The molecule has 0 aliphatic rings. The molecule has 0 amide bonds. The molecule has 0 aliphatic heterocycles. The third-order valence-electron chi connectivity index (χ3n) is 2.17. The molecule has 14 heavy (non-hydrogen) atoms. The number of hydrogen-bond acceptors (Lipinski definition) is 1. The Morgan fingerprint density at radius 3 is 2.57 bits per heavy atom. The van der Waals surface area contributed by atoms with Crippen LogP contribution in [-0.2, 0) is 4.79 Å². The van der Waals surface area contributed by atoms with Crippen molar-refractivity contribution in [2.75, 3.05) is 0 Å². The second-order valence-electron chi connectivity index (χ2n) is 3.18. The molecule has 1 rings (SSSR count). The zero-order valence-electron chi connectivity index (χ0n) is 8.45. The van der Waals surface area contributed by atoms with Gasteiger partial charge in [0.1, 0.15) is 0 Å². The molecule has 0 saturated heterocycles. The number of carbonyl (C=O) groups is 1. The standard InChI is InChI=1S/C12H14O2/c1-3-10(8-12(13)14)11-7-5-4-6-9(11)2/h4-8H,3H2,1-2H3,(H,13,14). The van der Waals surface area contributed by atoms with E-state index in [1.54, 1.807) is 0 Å². The summed E-state index contributed by atoms with van der Waals surface area (Å²) in [4.78, 5) is 10.6. The number of aryl methyl sites for hydroxylation is 1. The Balaban J connectivity index is 3.13. The lowest BCUT2D eigenvalue weighted by atomic mass is 9.98. The van der Waals surface area contributed by atoms with Gasteiger partial charge in [0.2, 0.25) is 0 Å². The molecular weight excluding hydrogens is 176 g/mol. The van der Waals surface area contributed by atoms with E-state index in [4.69, 9.17) is 5.11 Å². The Hall–Kier alpha value is -1.57. The minimum atomic E-state index is -0.884. The van der Waals surface area contributed by atoms with Crippen LogP contribution in [0.25, 0.3) is 5.57 Å². The van der Waals surface area contributed by atoms with Crippen LogP contribution in [0, 0.1) is 6.92 Å². The van der Waals surface area contributed by atoms with Gasteiger partial charge in [0.05, 0.1) is 0 Å². The number of allylic oxidation sites excluding steroid dienone is 1. The van der Waals surface area contributed by atoms with Crippen molar-refractivity contribution in [3.63, 3.8) is 0 Å². The third-order valence-corrected chi connectivity index (χ3v) is 2.17. The minimum absolute atomic E-state index is 0.733. The zero-order valence-corrected chi connectivity index (χ0v) is 8.45. The lowest BCUT2D eigenvalue weighted by Crippen LogP contribution is -1.93. The number of carboxylic acids is 1. The topological polar surface area (TPSA) is 37.3 Å². The fourth-order valence-electron chi connectivity index (χ4n) is 1.45. The van der Waals surface area contributed by atoms with E-state index in [9.17, 15) is 4.79 Å². The molecule has 2 heteroatoms. The van der Waals surface area contributed by atoms with Crippen LogP contribution in [0.5, 0.6) is 0 Å². The average molecular weight is 190 g/mol. The largest absolute Gasteiger partial charge is 0.478 e. The summed E-state index contributed by atoms with van der Waals surface area (Å²) in [5.74, 6) is -0.884. The van der Waals surface area contributed by atoms with Crippen molar-refractivity contribution in [1.29, 1.82) is 0 Å². The average Bonchev–Trinajstić information content (AvgIpc) is 2.15. The predicted molar refractivity (Wildman–Crippen MR) is 57.1 cm³/mol. The first-order valence-corrected chi connectivity index (χ1v) is 4.64. The maximum atomic E-state index is 10.6. The van der Waals surface area contributed by atoms with Crippen LogP contribution in [0.3, 0.4) is 0 Å². The van der Waals surface area contributed by atoms with Crippen molar-refractivity contribution < 1.29 is 9.90 Å². The zero-order chi connectivity index (χ0) is 10.6. The summed E-state index contributed by atoms with van der Waals surface area (Å²) in [5, 5.41) is 8.69. The van der Waals surface area contributed by atoms with Gasteiger partial charge in [-0.15, -0.1) is 0 Å². The summed E-state index contributed by atoms with van der Waals surface area (Å²) in [7, 11) is 0. The summed E-state index contributed by atoms with van der Waals surface area (Å²) >= 11 is 0. The van der Waals surface area contributed by atoms with E-state index in [1.165, 1.54) is 6.08 Å². The fourth-order valence-corrected chi connectivity index (χ4v) is 1.45. The van der Waals surface area contributed by atoms with Crippen molar-refractivity contribution in [3.8, 4) is 0 Å². The fraction of sp³-hybridized carbons (Fsp3) is 0.250. The number of rotatable bonds is 3. The second-order valence-corrected chi connectivity index (χ2v) is 3.18. The van der Waals surface area contributed by atoms with E-state index in [0.29, 0.717) is 0 Å². The summed E-state index contributed by atoms with van der Waals surface area (Å²) in [6.07, 6.45) is 2.01. The van der Waals surface area contributed by atoms with Gasteiger partial charge >= 0.3 is 5.97 Å². The van der Waals surface area contributed by atoms with Crippen LogP contribution < -0.4 is 0 Å². The lowest BCUT2D eigenvalue weighted by molar-refractivity contribution is -0.131. The van der Waals surface area contributed by atoms with Crippen LogP contribution in [0.15, 0.2) is 30.3 Å². The molecule has 0 saturated carbocycles. The second kappa shape index (κ2) is 4.61. The third kappa shape index (κ3) is 2.46. The SMILES string of the molecule is CCC(=CC(=O)O)c1ccccc1C. The Morgan fingerprint density at radius 2 is 2.07 bits per heavy atom. The molecule has 0 radical (unpaired) electrons. The highest BCUT2D eigenvalue weighted by Gasteiger charge is 2.03. The Kier molecular flexibility index (Phi) is 3.46. The first-order valence-electron chi connectivity index (χ1n) is 4.64. The molecule has 0 bridgehead atoms. The minimum Gasteiger partial charge on any atom is -0.478 e. The molecule has 0 aromatic heterocycles. The highest BCUT2D eigenvalue weighted by Crippen LogP contribution is 2.21. The highest BCUT2D eigenvalue weighted by atomic mass is 16.4. The maximum absolute atomic E-state index is 10.6. The Morgan fingerprint density at radius 1 is 1.43 bits per heavy atom. The predicted octanol–water partition coefficient (Wildman–Crippen LogP) is 2.87. The van der Waals surface area contributed by atoms with Crippen molar-refractivity contribution >= 4 is 11.5 Å². The van der Waals surface area contributed by atoms with Crippen LogP contribution in [0.2, 0.25) is 0 Å². The van der Waals surface area contributed by atoms with Gasteiger partial charge < -0.3 is 5.11 Å². The summed E-state index contributed by atoms with van der Waals surface area (Å²) in [6, 6.07) is 7.81. The molecule has 1 N–H and O–H groups in total. The molecule has 1 aromatic rings. The lowest BCUT2D eigenvalue weighted by Gasteiger charge is -2.07. The molecule has 0 spiro atoms.